The molecule has 0 aliphatic rings. The van der Waals surface area contributed by atoms with Gasteiger partial charge in [-0.15, -0.1) is 0 Å². The number of rotatable bonds is 5. The molecule has 0 aliphatic carbocycles. The second kappa shape index (κ2) is 11.0. The quantitative estimate of drug-likeness (QED) is 0.399. The Balaban J connectivity index is 0. The van der Waals surface area contributed by atoms with Gasteiger partial charge in [0.15, 0.2) is 0 Å². The number of aliphatic hydroxyl groups excluding tert-OH is 2. The van der Waals surface area contributed by atoms with Crippen LogP contribution in [-0.2, 0) is 23.9 Å². The number of ether oxygens (including phenoxy) is 2. The zero-order valence-corrected chi connectivity index (χ0v) is 9.58. The van der Waals surface area contributed by atoms with E-state index in [2.05, 4.69) is 9.47 Å². The molecule has 0 radical (unpaired) electrons. The van der Waals surface area contributed by atoms with E-state index in [0.29, 0.717) is 0 Å². The average molecular weight is 252 g/mol. The maximum Gasteiger partial charge on any atom is 0.339 e. The third-order valence-electron chi connectivity index (χ3n) is 0.998. The Labute approximate surface area is 97.8 Å². The second-order valence-corrected chi connectivity index (χ2v) is 2.84. The van der Waals surface area contributed by atoms with E-state index in [9.17, 15) is 9.59 Å². The average Bonchev–Trinajstić information content (AvgIpc) is 2.15. The Kier molecular flexibility index (Phi) is 11.6. The molecular formula is C9H16O8. The molecule has 100 valence electrons. The van der Waals surface area contributed by atoms with Crippen LogP contribution in [0.1, 0.15) is 13.8 Å². The van der Waals surface area contributed by atoms with E-state index in [1.54, 1.807) is 0 Å². The van der Waals surface area contributed by atoms with Gasteiger partial charge in [0.2, 0.25) is 0 Å². The molecule has 0 aromatic heterocycles. The van der Waals surface area contributed by atoms with Crippen molar-refractivity contribution in [3.8, 4) is 0 Å². The molecule has 17 heavy (non-hydrogen) atoms. The smallest absolute Gasteiger partial charge is 0.339 e. The van der Waals surface area contributed by atoms with Gasteiger partial charge >= 0.3 is 11.9 Å². The van der Waals surface area contributed by atoms with Gasteiger partial charge in [-0.25, -0.2) is 4.79 Å². The van der Waals surface area contributed by atoms with Gasteiger partial charge in [0.1, 0.15) is 12.7 Å². The molecule has 0 bridgehead atoms. The monoisotopic (exact) mass is 252 g/mol. The minimum Gasteiger partial charge on any atom is -0.481 e. The molecule has 1 atom stereocenters. The summed E-state index contributed by atoms with van der Waals surface area (Å²) in [6.07, 6.45) is -1.02. The molecule has 0 aliphatic heterocycles. The Bertz CT molecular complexity index is 245. The molecule has 0 spiro atoms. The number of esters is 2. The fraction of sp³-hybridized carbons (Fsp3) is 0.667. The molecule has 1 unspecified atom stereocenters. The molecule has 8 heteroatoms. The SMILES string of the molecule is CC(=O)O.CC(=O)OC(=O)COCC(O)CO. The molecule has 0 rings (SSSR count). The number of carboxylic acid groups (broad SMARTS) is 1. The van der Waals surface area contributed by atoms with E-state index < -0.39 is 37.2 Å². The predicted molar refractivity (Wildman–Crippen MR) is 54.0 cm³/mol. The van der Waals surface area contributed by atoms with E-state index in [0.717, 1.165) is 13.8 Å². The Hall–Kier alpha value is -1.51. The van der Waals surface area contributed by atoms with Gasteiger partial charge in [-0.2, -0.15) is 0 Å². The van der Waals surface area contributed by atoms with Gasteiger partial charge in [-0.05, 0) is 0 Å². The fourth-order valence-corrected chi connectivity index (χ4v) is 0.521. The summed E-state index contributed by atoms with van der Waals surface area (Å²) in [5.74, 6) is -2.37. The first-order valence-corrected chi connectivity index (χ1v) is 4.57. The third kappa shape index (κ3) is 20.5. The van der Waals surface area contributed by atoms with Crippen LogP contribution in [0.5, 0.6) is 0 Å². The highest BCUT2D eigenvalue weighted by Gasteiger charge is 2.08. The maximum atomic E-state index is 10.6. The minimum absolute atomic E-state index is 0.177. The van der Waals surface area contributed by atoms with Crippen molar-refractivity contribution in [1.29, 1.82) is 0 Å². The van der Waals surface area contributed by atoms with E-state index in [1.165, 1.54) is 0 Å². The summed E-state index contributed by atoms with van der Waals surface area (Å²) in [7, 11) is 0. The fourth-order valence-electron chi connectivity index (χ4n) is 0.521. The van der Waals surface area contributed by atoms with E-state index in [1.807, 2.05) is 0 Å². The van der Waals surface area contributed by atoms with Crippen LogP contribution < -0.4 is 0 Å². The minimum atomic E-state index is -1.02. The first kappa shape index (κ1) is 17.9. The number of carbonyl (C=O) groups is 3. The molecule has 0 saturated heterocycles. The first-order valence-electron chi connectivity index (χ1n) is 4.57. The lowest BCUT2D eigenvalue weighted by Crippen LogP contribution is -2.23. The van der Waals surface area contributed by atoms with Crippen molar-refractivity contribution in [3.63, 3.8) is 0 Å². The number of hydrogen-bond acceptors (Lipinski definition) is 7. The van der Waals surface area contributed by atoms with Crippen LogP contribution in [0.15, 0.2) is 0 Å². The number of carboxylic acids is 1. The van der Waals surface area contributed by atoms with Crippen molar-refractivity contribution in [2.45, 2.75) is 20.0 Å². The van der Waals surface area contributed by atoms with Gasteiger partial charge < -0.3 is 24.8 Å². The predicted octanol–water partition coefficient (Wildman–Crippen LogP) is -1.46. The summed E-state index contributed by atoms with van der Waals surface area (Å²) in [5, 5.41) is 24.5. The summed E-state index contributed by atoms with van der Waals surface area (Å²) in [6.45, 7) is 1.14. The second-order valence-electron chi connectivity index (χ2n) is 2.84. The molecule has 3 N–H and O–H groups in total. The van der Waals surface area contributed by atoms with Crippen molar-refractivity contribution >= 4 is 17.9 Å². The van der Waals surface area contributed by atoms with Gasteiger partial charge in [-0.3, -0.25) is 9.59 Å². The number of hydrogen-bond donors (Lipinski definition) is 3. The highest BCUT2D eigenvalue weighted by molar-refractivity contribution is 5.84. The molecule has 0 heterocycles. The van der Waals surface area contributed by atoms with Crippen LogP contribution >= 0.6 is 0 Å². The van der Waals surface area contributed by atoms with E-state index in [4.69, 9.17) is 20.1 Å². The standard InChI is InChI=1S/C7H12O6.C2H4O2/c1-5(9)13-7(11)4-12-3-6(10)2-8;1-2(3)4/h6,8,10H,2-4H2,1H3;1H3,(H,3,4). The number of aliphatic hydroxyl groups is 2. The first-order chi connectivity index (χ1) is 7.79. The van der Waals surface area contributed by atoms with Crippen LogP contribution in [0, 0.1) is 0 Å². The lowest BCUT2D eigenvalue weighted by molar-refractivity contribution is -0.162. The Morgan fingerprint density at radius 2 is 1.71 bits per heavy atom. The zero-order valence-electron chi connectivity index (χ0n) is 9.58. The van der Waals surface area contributed by atoms with Crippen molar-refractivity contribution in [3.05, 3.63) is 0 Å². The molecule has 0 amide bonds. The summed E-state index contributed by atoms with van der Waals surface area (Å²) in [5.41, 5.74) is 0. The van der Waals surface area contributed by atoms with Crippen LogP contribution in [0.25, 0.3) is 0 Å². The van der Waals surface area contributed by atoms with Crippen LogP contribution in [-0.4, -0.2) is 59.2 Å². The lowest BCUT2D eigenvalue weighted by atomic mass is 10.4. The lowest BCUT2D eigenvalue weighted by Gasteiger charge is -2.06. The highest BCUT2D eigenvalue weighted by Crippen LogP contribution is 1.86. The maximum absolute atomic E-state index is 10.6. The van der Waals surface area contributed by atoms with Crippen LogP contribution in [0.4, 0.5) is 0 Å². The van der Waals surface area contributed by atoms with Gasteiger partial charge in [0.25, 0.3) is 5.97 Å². The molecular weight excluding hydrogens is 236 g/mol. The van der Waals surface area contributed by atoms with Crippen molar-refractivity contribution < 1.29 is 39.2 Å². The van der Waals surface area contributed by atoms with Crippen molar-refractivity contribution in [1.82, 2.24) is 0 Å². The largest absolute Gasteiger partial charge is 0.481 e. The number of carbonyl (C=O) groups excluding carboxylic acids is 2. The third-order valence-corrected chi connectivity index (χ3v) is 0.998. The molecule has 0 saturated carbocycles. The van der Waals surface area contributed by atoms with Crippen molar-refractivity contribution in [2.75, 3.05) is 19.8 Å². The van der Waals surface area contributed by atoms with Crippen LogP contribution in [0.2, 0.25) is 0 Å². The van der Waals surface area contributed by atoms with Gasteiger partial charge in [0.05, 0.1) is 13.2 Å². The molecule has 0 aromatic rings. The highest BCUT2D eigenvalue weighted by atomic mass is 16.6. The normalized spacial score (nSPS) is 10.8. The summed E-state index contributed by atoms with van der Waals surface area (Å²) in [6, 6.07) is 0. The molecule has 0 aromatic carbocycles. The van der Waals surface area contributed by atoms with E-state index in [-0.39, 0.29) is 6.61 Å². The van der Waals surface area contributed by atoms with Gasteiger partial charge in [-0.1, -0.05) is 0 Å². The Morgan fingerprint density at radius 3 is 2.06 bits per heavy atom. The summed E-state index contributed by atoms with van der Waals surface area (Å²) in [4.78, 5) is 29.8. The van der Waals surface area contributed by atoms with E-state index >= 15 is 0 Å². The number of aliphatic carboxylic acids is 1. The summed E-state index contributed by atoms with van der Waals surface area (Å²) < 4.78 is 8.73. The molecule has 8 nitrogen and oxygen atoms in total. The van der Waals surface area contributed by atoms with Gasteiger partial charge in [0, 0.05) is 13.8 Å². The Morgan fingerprint density at radius 1 is 1.24 bits per heavy atom. The van der Waals surface area contributed by atoms with Crippen LogP contribution in [0.3, 0.4) is 0 Å². The topological polar surface area (TPSA) is 130 Å². The summed E-state index contributed by atoms with van der Waals surface area (Å²) >= 11 is 0. The van der Waals surface area contributed by atoms with Crippen molar-refractivity contribution in [2.24, 2.45) is 0 Å². The zero-order chi connectivity index (χ0) is 13.8. The molecule has 0 fully saturated rings.